The van der Waals surface area contributed by atoms with Crippen LogP contribution >= 0.6 is 0 Å². The van der Waals surface area contributed by atoms with Crippen molar-refractivity contribution in [3.8, 4) is 0 Å². The third kappa shape index (κ3) is 2.20. The van der Waals surface area contributed by atoms with E-state index in [9.17, 15) is 0 Å². The summed E-state index contributed by atoms with van der Waals surface area (Å²) < 4.78 is 3.62. The van der Waals surface area contributed by atoms with E-state index in [-0.39, 0.29) is 0 Å². The fourth-order valence-electron chi connectivity index (χ4n) is 3.06. The molecule has 0 amide bonds. The van der Waals surface area contributed by atoms with Gasteiger partial charge in [0, 0.05) is 0 Å². The molecule has 0 aromatic rings. The first-order valence-corrected chi connectivity index (χ1v) is 9.35. The molecule has 0 aromatic carbocycles. The Kier molecular flexibility index (Phi) is 4.02. The SMILES string of the molecule is CC1=CC(C)[C]([Zr][C]2=C(C)C(C)=C(C)C2C)=C1C. The van der Waals surface area contributed by atoms with E-state index in [2.05, 4.69) is 54.5 Å². The summed E-state index contributed by atoms with van der Waals surface area (Å²) >= 11 is -0.575. The maximum absolute atomic E-state index is 2.45. The van der Waals surface area contributed by atoms with Crippen molar-refractivity contribution in [2.75, 3.05) is 0 Å². The molecule has 96 valence electrons. The fraction of sp³-hybridized carbons (Fsp3) is 0.529. The number of hydrogen-bond donors (Lipinski definition) is 0. The van der Waals surface area contributed by atoms with Crippen LogP contribution in [0.15, 0.2) is 40.5 Å². The van der Waals surface area contributed by atoms with Gasteiger partial charge in [0.2, 0.25) is 0 Å². The van der Waals surface area contributed by atoms with E-state index >= 15 is 0 Å². The second kappa shape index (κ2) is 5.08. The summed E-state index contributed by atoms with van der Waals surface area (Å²) in [5, 5.41) is 0. The van der Waals surface area contributed by atoms with Gasteiger partial charge in [-0.25, -0.2) is 0 Å². The summed E-state index contributed by atoms with van der Waals surface area (Å²) in [6.45, 7) is 16.3. The summed E-state index contributed by atoms with van der Waals surface area (Å²) in [6.07, 6.45) is 2.45. The van der Waals surface area contributed by atoms with Gasteiger partial charge in [-0.1, -0.05) is 0 Å². The van der Waals surface area contributed by atoms with Gasteiger partial charge in [-0.2, -0.15) is 0 Å². The van der Waals surface area contributed by atoms with E-state index in [4.69, 9.17) is 0 Å². The molecule has 0 saturated carbocycles. The van der Waals surface area contributed by atoms with Crippen molar-refractivity contribution in [2.45, 2.75) is 48.5 Å². The molecular weight excluding hydrogens is 295 g/mol. The van der Waals surface area contributed by atoms with Gasteiger partial charge in [0.1, 0.15) is 0 Å². The van der Waals surface area contributed by atoms with E-state index in [1.165, 1.54) is 5.57 Å². The molecule has 0 spiro atoms. The maximum atomic E-state index is 2.45. The Balaban J connectivity index is 2.29. The van der Waals surface area contributed by atoms with Crippen molar-refractivity contribution >= 4 is 0 Å². The molecule has 2 aliphatic carbocycles. The third-order valence-electron chi connectivity index (χ3n) is 4.86. The van der Waals surface area contributed by atoms with Crippen molar-refractivity contribution in [3.63, 3.8) is 0 Å². The van der Waals surface area contributed by atoms with E-state index in [0.29, 0.717) is 11.8 Å². The Hall–Kier alpha value is -0.157. The predicted molar refractivity (Wildman–Crippen MR) is 75.9 cm³/mol. The molecular formula is C17H24Zr. The second-order valence-electron chi connectivity index (χ2n) is 5.87. The zero-order chi connectivity index (χ0) is 13.6. The molecule has 0 fully saturated rings. The Morgan fingerprint density at radius 3 is 1.83 bits per heavy atom. The summed E-state index contributed by atoms with van der Waals surface area (Å²) in [4.78, 5) is 0. The van der Waals surface area contributed by atoms with Crippen molar-refractivity contribution in [2.24, 2.45) is 11.8 Å². The molecule has 0 nitrogen and oxygen atoms in total. The Labute approximate surface area is 124 Å². The van der Waals surface area contributed by atoms with Crippen LogP contribution in [0.1, 0.15) is 48.5 Å². The van der Waals surface area contributed by atoms with Crippen LogP contribution in [-0.2, 0) is 23.2 Å². The topological polar surface area (TPSA) is 0 Å². The Morgan fingerprint density at radius 1 is 0.833 bits per heavy atom. The molecule has 2 atom stereocenters. The summed E-state index contributed by atoms with van der Waals surface area (Å²) in [5.41, 5.74) is 7.90. The molecule has 2 rings (SSSR count). The first-order chi connectivity index (χ1) is 8.34. The third-order valence-corrected chi connectivity index (χ3v) is 10.2. The van der Waals surface area contributed by atoms with Gasteiger partial charge < -0.3 is 0 Å². The van der Waals surface area contributed by atoms with Crippen molar-refractivity contribution in [3.05, 3.63) is 40.5 Å². The van der Waals surface area contributed by atoms with Crippen LogP contribution in [0.25, 0.3) is 0 Å². The van der Waals surface area contributed by atoms with Crippen LogP contribution in [0, 0.1) is 11.8 Å². The Morgan fingerprint density at radius 2 is 1.44 bits per heavy atom. The molecule has 1 heteroatoms. The quantitative estimate of drug-likeness (QED) is 0.656. The van der Waals surface area contributed by atoms with Crippen LogP contribution in [0.2, 0.25) is 0 Å². The van der Waals surface area contributed by atoms with Gasteiger partial charge >= 0.3 is 124 Å². The zero-order valence-electron chi connectivity index (χ0n) is 12.7. The monoisotopic (exact) mass is 318 g/mol. The van der Waals surface area contributed by atoms with E-state index in [0.717, 1.165) is 0 Å². The first-order valence-electron chi connectivity index (χ1n) is 6.89. The summed E-state index contributed by atoms with van der Waals surface area (Å²) in [6, 6.07) is 0. The summed E-state index contributed by atoms with van der Waals surface area (Å²) in [7, 11) is 0. The molecule has 0 heterocycles. The number of allylic oxidation sites excluding steroid dienone is 8. The van der Waals surface area contributed by atoms with Crippen LogP contribution in [-0.4, -0.2) is 0 Å². The second-order valence-corrected chi connectivity index (χ2v) is 9.13. The molecule has 18 heavy (non-hydrogen) atoms. The molecule has 0 N–H and O–H groups in total. The van der Waals surface area contributed by atoms with Crippen LogP contribution < -0.4 is 0 Å². The first kappa shape index (κ1) is 14.3. The van der Waals surface area contributed by atoms with Crippen LogP contribution in [0.4, 0.5) is 0 Å². The number of rotatable bonds is 2. The number of hydrogen-bond acceptors (Lipinski definition) is 0. The van der Waals surface area contributed by atoms with E-state index in [1.54, 1.807) is 25.6 Å². The molecule has 2 aliphatic rings. The predicted octanol–water partition coefficient (Wildman–Crippen LogP) is 5.20. The average molecular weight is 320 g/mol. The van der Waals surface area contributed by atoms with Gasteiger partial charge in [-0.15, -0.1) is 0 Å². The van der Waals surface area contributed by atoms with Gasteiger partial charge in [-0.05, 0) is 0 Å². The van der Waals surface area contributed by atoms with Gasteiger partial charge in [0.15, 0.2) is 0 Å². The van der Waals surface area contributed by atoms with Gasteiger partial charge in [0.05, 0.1) is 0 Å². The molecule has 0 radical (unpaired) electrons. The zero-order valence-corrected chi connectivity index (χ0v) is 15.2. The van der Waals surface area contributed by atoms with Crippen molar-refractivity contribution in [1.29, 1.82) is 0 Å². The molecule has 0 saturated heterocycles. The molecule has 2 unspecified atom stereocenters. The Bertz CT molecular complexity index is 512. The minimum absolute atomic E-state index is 0.575. The van der Waals surface area contributed by atoms with Crippen LogP contribution in [0.5, 0.6) is 0 Å². The standard InChI is InChI=1S/C9H13.C8H11.Zr/c1-6-5-7(2)9(4)8(6)3;1-6-4-7(2)8(3)5-6;/h6H,1-4H3;4,6H,1-3H3;. The average Bonchev–Trinajstić information content (AvgIpc) is 2.66. The normalized spacial score (nSPS) is 28.5. The molecule has 0 aromatic heterocycles. The van der Waals surface area contributed by atoms with Crippen LogP contribution in [0.3, 0.4) is 0 Å². The van der Waals surface area contributed by atoms with Gasteiger partial charge in [-0.3, -0.25) is 0 Å². The molecule has 0 aliphatic heterocycles. The van der Waals surface area contributed by atoms with Gasteiger partial charge in [0.25, 0.3) is 0 Å². The molecule has 0 bridgehead atoms. The van der Waals surface area contributed by atoms with E-state index < -0.39 is 23.2 Å². The fourth-order valence-corrected chi connectivity index (χ4v) is 7.47. The van der Waals surface area contributed by atoms with Crippen molar-refractivity contribution < 1.29 is 23.2 Å². The minimum atomic E-state index is -0.575. The van der Waals surface area contributed by atoms with Crippen molar-refractivity contribution in [1.82, 2.24) is 0 Å². The van der Waals surface area contributed by atoms with E-state index in [1.807, 2.05) is 3.28 Å². The summed E-state index contributed by atoms with van der Waals surface area (Å²) in [5.74, 6) is 1.41.